The van der Waals surface area contributed by atoms with E-state index in [1.165, 1.54) is 0 Å². The lowest BCUT2D eigenvalue weighted by atomic mass is 10.0. The van der Waals surface area contributed by atoms with Crippen molar-refractivity contribution in [3.8, 4) is 0 Å². The van der Waals surface area contributed by atoms with Gasteiger partial charge in [-0.2, -0.15) is 0 Å². The van der Waals surface area contributed by atoms with Gasteiger partial charge >= 0.3 is 0 Å². The van der Waals surface area contributed by atoms with Crippen LogP contribution >= 0.6 is 11.3 Å². The summed E-state index contributed by atoms with van der Waals surface area (Å²) < 4.78 is 29.6. The van der Waals surface area contributed by atoms with E-state index in [0.717, 1.165) is 27.7 Å². The monoisotopic (exact) mass is 389 g/mol. The molecule has 136 valence electrons. The zero-order chi connectivity index (χ0) is 18.1. The average molecular weight is 390 g/mol. The van der Waals surface area contributed by atoms with Crippen LogP contribution in [0.25, 0.3) is 10.8 Å². The van der Waals surface area contributed by atoms with Crippen LogP contribution in [0.4, 0.5) is 5.13 Å². The molecule has 2 N–H and O–H groups in total. The van der Waals surface area contributed by atoms with Crippen molar-refractivity contribution in [2.45, 2.75) is 10.6 Å². The van der Waals surface area contributed by atoms with E-state index < -0.39 is 10.0 Å². The molecule has 4 rings (SSSR count). The Morgan fingerprint density at radius 1 is 1.12 bits per heavy atom. The number of primary sulfonamides is 1. The smallest absolute Gasteiger partial charge is 0.249 e. The number of rotatable bonds is 4. The van der Waals surface area contributed by atoms with Crippen LogP contribution in [0.3, 0.4) is 0 Å². The first-order valence-corrected chi connectivity index (χ1v) is 10.7. The molecule has 6 nitrogen and oxygen atoms in total. The predicted octanol–water partition coefficient (Wildman–Crippen LogP) is 2.37. The van der Waals surface area contributed by atoms with Gasteiger partial charge in [0.2, 0.25) is 10.0 Å². The van der Waals surface area contributed by atoms with Crippen molar-refractivity contribution in [1.82, 2.24) is 4.98 Å². The first-order valence-electron chi connectivity index (χ1n) is 8.33. The zero-order valence-electron chi connectivity index (χ0n) is 14.1. The molecule has 1 aromatic heterocycles. The molecule has 2 aromatic carbocycles. The van der Waals surface area contributed by atoms with E-state index in [1.807, 2.05) is 41.3 Å². The maximum absolute atomic E-state index is 12.1. The lowest BCUT2D eigenvalue weighted by molar-refractivity contribution is 0.122. The summed E-state index contributed by atoms with van der Waals surface area (Å²) in [4.78, 5) is 6.65. The number of thiazole rings is 1. The van der Waals surface area contributed by atoms with Crippen molar-refractivity contribution in [2.24, 2.45) is 5.14 Å². The first kappa shape index (κ1) is 17.4. The zero-order valence-corrected chi connectivity index (χ0v) is 15.7. The number of nitrogens with two attached hydrogens (primary N) is 1. The number of anilines is 1. The molecular weight excluding hydrogens is 370 g/mol. The summed E-state index contributed by atoms with van der Waals surface area (Å²) in [5.74, 6) is 0. The molecule has 26 heavy (non-hydrogen) atoms. The van der Waals surface area contributed by atoms with Crippen LogP contribution < -0.4 is 10.0 Å². The third-order valence-electron chi connectivity index (χ3n) is 4.38. The molecule has 1 aliphatic heterocycles. The molecule has 0 saturated carbocycles. The molecule has 8 heteroatoms. The minimum absolute atomic E-state index is 0.146. The van der Waals surface area contributed by atoms with Crippen molar-refractivity contribution in [3.63, 3.8) is 0 Å². The van der Waals surface area contributed by atoms with E-state index in [9.17, 15) is 8.42 Å². The van der Waals surface area contributed by atoms with Crippen molar-refractivity contribution < 1.29 is 13.2 Å². The summed E-state index contributed by atoms with van der Waals surface area (Å²) in [6.45, 7) is 2.63. The van der Waals surface area contributed by atoms with Crippen LogP contribution in [0.1, 0.15) is 11.3 Å². The van der Waals surface area contributed by atoms with Crippen molar-refractivity contribution in [1.29, 1.82) is 0 Å². The molecule has 0 aliphatic carbocycles. The van der Waals surface area contributed by atoms with Crippen molar-refractivity contribution >= 4 is 37.3 Å². The van der Waals surface area contributed by atoms with Gasteiger partial charge in [-0.05, 0) is 16.3 Å². The highest BCUT2D eigenvalue weighted by Gasteiger charge is 2.24. The summed E-state index contributed by atoms with van der Waals surface area (Å²) in [6.07, 6.45) is 0.428. The lowest BCUT2D eigenvalue weighted by Crippen LogP contribution is -2.36. The summed E-state index contributed by atoms with van der Waals surface area (Å²) >= 11 is 1.14. The van der Waals surface area contributed by atoms with Gasteiger partial charge in [0.15, 0.2) is 9.34 Å². The molecule has 0 spiro atoms. The van der Waals surface area contributed by atoms with Gasteiger partial charge in [0.05, 0.1) is 18.9 Å². The molecular formula is C18H19N3O3S2. The fourth-order valence-electron chi connectivity index (χ4n) is 3.09. The largest absolute Gasteiger partial charge is 0.378 e. The van der Waals surface area contributed by atoms with Crippen molar-refractivity contribution in [3.05, 3.63) is 53.7 Å². The highest BCUT2D eigenvalue weighted by atomic mass is 32.2. The SMILES string of the molecule is NS(=O)(=O)c1sc(N2CCOCC2)nc1Cc1ccc2ccccc2c1. The van der Waals surface area contributed by atoms with Crippen LogP contribution in [0.5, 0.6) is 0 Å². The van der Waals surface area contributed by atoms with Gasteiger partial charge in [0.25, 0.3) is 0 Å². The van der Waals surface area contributed by atoms with E-state index in [2.05, 4.69) is 11.1 Å². The van der Waals surface area contributed by atoms with E-state index >= 15 is 0 Å². The third-order valence-corrected chi connectivity index (χ3v) is 7.03. The van der Waals surface area contributed by atoms with Gasteiger partial charge in [-0.1, -0.05) is 53.8 Å². The Balaban J connectivity index is 1.70. The molecule has 3 aromatic rings. The Kier molecular flexibility index (Phi) is 4.66. The molecule has 2 heterocycles. The number of benzene rings is 2. The van der Waals surface area contributed by atoms with Gasteiger partial charge in [0, 0.05) is 19.5 Å². The standard InChI is InChI=1S/C18H19N3O3S2/c19-26(22,23)17-16(20-18(25-17)21-7-9-24-10-8-21)12-13-5-6-14-3-1-2-4-15(14)11-13/h1-6,11H,7-10,12H2,(H2,19,22,23). The normalized spacial score (nSPS) is 15.5. The van der Waals surface area contributed by atoms with Gasteiger partial charge in [0.1, 0.15) is 0 Å². The molecule has 0 atom stereocenters. The fourth-order valence-corrected chi connectivity index (χ4v) is 5.10. The number of ether oxygens (including phenoxy) is 1. The first-order chi connectivity index (χ1) is 12.5. The Labute approximate surface area is 156 Å². The number of sulfonamides is 1. The summed E-state index contributed by atoms with van der Waals surface area (Å²) in [6, 6.07) is 14.2. The molecule has 0 unspecified atom stereocenters. The van der Waals surface area contributed by atoms with Crippen molar-refractivity contribution in [2.75, 3.05) is 31.2 Å². The number of aromatic nitrogens is 1. The summed E-state index contributed by atoms with van der Waals surface area (Å²) in [5.41, 5.74) is 1.52. The molecule has 0 radical (unpaired) electrons. The number of nitrogens with zero attached hydrogens (tertiary/aromatic N) is 2. The molecule has 0 amide bonds. The number of hydrogen-bond donors (Lipinski definition) is 1. The number of morpholine rings is 1. The van der Waals surface area contributed by atoms with Crippen LogP contribution in [0.15, 0.2) is 46.7 Å². The minimum atomic E-state index is -3.82. The topological polar surface area (TPSA) is 85.5 Å². The van der Waals surface area contributed by atoms with Gasteiger partial charge in [-0.25, -0.2) is 18.5 Å². The van der Waals surface area contributed by atoms with E-state index in [4.69, 9.17) is 9.88 Å². The lowest BCUT2D eigenvalue weighted by Gasteiger charge is -2.26. The summed E-state index contributed by atoms with van der Waals surface area (Å²) in [7, 11) is -3.82. The maximum Gasteiger partial charge on any atom is 0.249 e. The summed E-state index contributed by atoms with van der Waals surface area (Å²) in [5, 5.41) is 8.40. The molecule has 1 aliphatic rings. The van der Waals surface area contributed by atoms with Crippen LogP contribution in [-0.2, 0) is 21.2 Å². The number of fused-ring (bicyclic) bond motifs is 1. The molecule has 0 bridgehead atoms. The third kappa shape index (κ3) is 3.59. The van der Waals surface area contributed by atoms with E-state index in [-0.39, 0.29) is 4.21 Å². The van der Waals surface area contributed by atoms with Crippen LogP contribution in [0, 0.1) is 0 Å². The fraction of sp³-hybridized carbons (Fsp3) is 0.278. The second-order valence-corrected chi connectivity index (χ2v) is 8.97. The predicted molar refractivity (Wildman–Crippen MR) is 103 cm³/mol. The Morgan fingerprint density at radius 3 is 2.58 bits per heavy atom. The van der Waals surface area contributed by atoms with Crippen LogP contribution in [0.2, 0.25) is 0 Å². The highest BCUT2D eigenvalue weighted by Crippen LogP contribution is 2.31. The Bertz CT molecular complexity index is 1040. The second kappa shape index (κ2) is 6.96. The molecule has 1 fully saturated rings. The van der Waals surface area contributed by atoms with Crippen LogP contribution in [-0.4, -0.2) is 39.7 Å². The quantitative estimate of drug-likeness (QED) is 0.740. The van der Waals surface area contributed by atoms with E-state index in [0.29, 0.717) is 43.5 Å². The van der Waals surface area contributed by atoms with Gasteiger partial charge < -0.3 is 9.64 Å². The Hall–Kier alpha value is -2.00. The minimum Gasteiger partial charge on any atom is -0.378 e. The average Bonchev–Trinajstić information content (AvgIpc) is 3.07. The number of hydrogen-bond acceptors (Lipinski definition) is 6. The highest BCUT2D eigenvalue weighted by molar-refractivity contribution is 7.91. The Morgan fingerprint density at radius 2 is 1.85 bits per heavy atom. The maximum atomic E-state index is 12.1. The second-order valence-electron chi connectivity index (χ2n) is 6.23. The van der Waals surface area contributed by atoms with E-state index in [1.54, 1.807) is 0 Å². The van der Waals surface area contributed by atoms with Gasteiger partial charge in [-0.15, -0.1) is 0 Å². The molecule has 1 saturated heterocycles. The van der Waals surface area contributed by atoms with Gasteiger partial charge in [-0.3, -0.25) is 0 Å².